The molecule has 8 nitrogen and oxygen atoms in total. The molecule has 3 rings (SSSR count). The second-order valence-corrected chi connectivity index (χ2v) is 7.55. The van der Waals surface area contributed by atoms with Crippen molar-refractivity contribution in [3.63, 3.8) is 0 Å². The lowest BCUT2D eigenvalue weighted by Gasteiger charge is -2.22. The van der Waals surface area contributed by atoms with E-state index in [4.69, 9.17) is 0 Å². The van der Waals surface area contributed by atoms with Crippen LogP contribution in [0, 0.1) is 6.92 Å². The first kappa shape index (κ1) is 20.8. The van der Waals surface area contributed by atoms with Gasteiger partial charge in [-0.25, -0.2) is 9.59 Å². The van der Waals surface area contributed by atoms with Gasteiger partial charge in [-0.2, -0.15) is 0 Å². The highest BCUT2D eigenvalue weighted by atomic mass is 16.2. The Morgan fingerprint density at radius 2 is 1.21 bits per heavy atom. The van der Waals surface area contributed by atoms with E-state index in [2.05, 4.69) is 10.6 Å². The zero-order chi connectivity index (χ0) is 20.8. The molecule has 0 spiro atoms. The molecule has 6 amide bonds. The van der Waals surface area contributed by atoms with Gasteiger partial charge in [0.2, 0.25) is 11.8 Å². The van der Waals surface area contributed by atoms with Gasteiger partial charge in [0.05, 0.1) is 0 Å². The van der Waals surface area contributed by atoms with E-state index in [0.29, 0.717) is 42.9 Å². The van der Waals surface area contributed by atoms with Gasteiger partial charge in [0.15, 0.2) is 0 Å². The van der Waals surface area contributed by atoms with Crippen molar-refractivity contribution in [1.29, 1.82) is 0 Å². The average Bonchev–Trinajstić information content (AvgIpc) is 3.04. The quantitative estimate of drug-likeness (QED) is 0.787. The number of likely N-dealkylation sites (tertiary alicyclic amines) is 2. The second-order valence-electron chi connectivity index (χ2n) is 7.55. The normalized spacial score (nSPS) is 18.1. The van der Waals surface area contributed by atoms with Crippen molar-refractivity contribution in [3.8, 4) is 0 Å². The maximum atomic E-state index is 12.6. The lowest BCUT2D eigenvalue weighted by Crippen LogP contribution is -2.40. The number of carbonyl (C=O) groups is 4. The van der Waals surface area contributed by atoms with Gasteiger partial charge < -0.3 is 10.6 Å². The summed E-state index contributed by atoms with van der Waals surface area (Å²) in [6.07, 6.45) is 5.85. The smallest absolute Gasteiger partial charge is 0.307 e. The van der Waals surface area contributed by atoms with Gasteiger partial charge in [-0.15, -0.1) is 0 Å². The molecule has 0 aliphatic carbocycles. The minimum absolute atomic E-state index is 0.165. The summed E-state index contributed by atoms with van der Waals surface area (Å²) in [6, 6.07) is 4.26. The molecule has 0 saturated carbocycles. The molecule has 2 N–H and O–H groups in total. The van der Waals surface area contributed by atoms with Crippen LogP contribution >= 0.6 is 0 Å². The van der Waals surface area contributed by atoms with E-state index in [1.165, 1.54) is 9.80 Å². The van der Waals surface area contributed by atoms with Crippen molar-refractivity contribution < 1.29 is 19.2 Å². The Labute approximate surface area is 170 Å². The molecule has 2 aliphatic rings. The van der Waals surface area contributed by atoms with Gasteiger partial charge in [0.25, 0.3) is 0 Å². The maximum Gasteiger partial charge on any atom is 0.328 e. The Balaban J connectivity index is 1.70. The third kappa shape index (κ3) is 5.13. The molecule has 8 heteroatoms. The molecule has 0 bridgehead atoms. The Bertz CT molecular complexity index is 746. The molecule has 156 valence electrons. The number of anilines is 2. The standard InChI is InChI=1S/C21H28N4O4/c1-15-16(22-20(28)24-13-6-2-4-11-18(24)26)9-8-10-17(15)23-21(29)25-14-7-3-5-12-19(25)27/h8-10H,2-7,11-14H2,1H3,(H,22,28)(H,23,29). The van der Waals surface area contributed by atoms with E-state index in [1.807, 2.05) is 0 Å². The molecule has 1 aromatic carbocycles. The molecule has 1 aromatic rings. The number of benzene rings is 1. The van der Waals surface area contributed by atoms with Crippen LogP contribution in [0.15, 0.2) is 18.2 Å². The van der Waals surface area contributed by atoms with Gasteiger partial charge in [-0.05, 0) is 50.3 Å². The Morgan fingerprint density at radius 3 is 1.66 bits per heavy atom. The fraction of sp³-hybridized carbons (Fsp3) is 0.524. The molecular weight excluding hydrogens is 372 g/mol. The van der Waals surface area contributed by atoms with Gasteiger partial charge in [-0.3, -0.25) is 19.4 Å². The molecule has 2 fully saturated rings. The summed E-state index contributed by atoms with van der Waals surface area (Å²) in [5, 5.41) is 5.57. The van der Waals surface area contributed by atoms with E-state index < -0.39 is 12.1 Å². The van der Waals surface area contributed by atoms with Crippen LogP contribution in [-0.4, -0.2) is 46.8 Å². The monoisotopic (exact) mass is 400 g/mol. The number of urea groups is 2. The summed E-state index contributed by atoms with van der Waals surface area (Å²) in [7, 11) is 0. The first-order valence-electron chi connectivity index (χ1n) is 10.3. The number of nitrogens with zero attached hydrogens (tertiary/aromatic N) is 2. The predicted octanol–water partition coefficient (Wildman–Crippen LogP) is 3.86. The minimum Gasteiger partial charge on any atom is -0.307 e. The van der Waals surface area contributed by atoms with E-state index in [-0.39, 0.29) is 11.8 Å². The third-order valence-electron chi connectivity index (χ3n) is 5.45. The highest BCUT2D eigenvalue weighted by Gasteiger charge is 2.25. The first-order chi connectivity index (χ1) is 14.0. The molecular formula is C21H28N4O4. The third-order valence-corrected chi connectivity index (χ3v) is 5.45. The Morgan fingerprint density at radius 1 is 0.759 bits per heavy atom. The minimum atomic E-state index is -0.453. The van der Waals surface area contributed by atoms with Crippen LogP contribution in [0.3, 0.4) is 0 Å². The number of hydrogen-bond donors (Lipinski definition) is 2. The van der Waals surface area contributed by atoms with Gasteiger partial charge in [0.1, 0.15) is 0 Å². The van der Waals surface area contributed by atoms with Crippen LogP contribution in [0.25, 0.3) is 0 Å². The van der Waals surface area contributed by atoms with E-state index >= 15 is 0 Å². The second kappa shape index (κ2) is 9.54. The van der Waals surface area contributed by atoms with Crippen LogP contribution in [0.5, 0.6) is 0 Å². The highest BCUT2D eigenvalue weighted by molar-refractivity contribution is 6.04. The average molecular weight is 400 g/mol. The zero-order valence-corrected chi connectivity index (χ0v) is 16.8. The SMILES string of the molecule is Cc1c(NC(=O)N2CCCCCC2=O)cccc1NC(=O)N1CCCCCC1=O. The molecule has 0 radical (unpaired) electrons. The van der Waals surface area contributed by atoms with Crippen LogP contribution < -0.4 is 10.6 Å². The maximum absolute atomic E-state index is 12.6. The van der Waals surface area contributed by atoms with Crippen molar-refractivity contribution in [3.05, 3.63) is 23.8 Å². The molecule has 2 saturated heterocycles. The summed E-state index contributed by atoms with van der Waals surface area (Å²) >= 11 is 0. The lowest BCUT2D eigenvalue weighted by atomic mass is 10.1. The summed E-state index contributed by atoms with van der Waals surface area (Å²) in [5.41, 5.74) is 1.71. The van der Waals surface area contributed by atoms with Crippen LogP contribution in [0.1, 0.15) is 56.9 Å². The summed E-state index contributed by atoms with van der Waals surface area (Å²) in [6.45, 7) is 2.61. The predicted molar refractivity (Wildman–Crippen MR) is 110 cm³/mol. The first-order valence-corrected chi connectivity index (χ1v) is 10.3. The van der Waals surface area contributed by atoms with E-state index in [0.717, 1.165) is 38.5 Å². The van der Waals surface area contributed by atoms with Gasteiger partial charge >= 0.3 is 12.1 Å². The van der Waals surface area contributed by atoms with Crippen LogP contribution in [-0.2, 0) is 9.59 Å². The van der Waals surface area contributed by atoms with Gasteiger partial charge in [-0.1, -0.05) is 18.9 Å². The Kier molecular flexibility index (Phi) is 6.85. The summed E-state index contributed by atoms with van der Waals surface area (Å²) < 4.78 is 0. The van der Waals surface area contributed by atoms with Crippen molar-refractivity contribution in [2.45, 2.75) is 58.3 Å². The number of amides is 6. The molecule has 2 aliphatic heterocycles. The molecule has 0 atom stereocenters. The van der Waals surface area contributed by atoms with E-state index in [1.54, 1.807) is 25.1 Å². The fourth-order valence-electron chi connectivity index (χ4n) is 3.67. The van der Waals surface area contributed by atoms with Crippen LogP contribution in [0.2, 0.25) is 0 Å². The number of imide groups is 2. The molecule has 29 heavy (non-hydrogen) atoms. The van der Waals surface area contributed by atoms with Crippen molar-refractivity contribution in [2.24, 2.45) is 0 Å². The number of rotatable bonds is 2. The van der Waals surface area contributed by atoms with Gasteiger partial charge in [0, 0.05) is 37.3 Å². The molecule has 0 aromatic heterocycles. The van der Waals surface area contributed by atoms with Crippen molar-refractivity contribution >= 4 is 35.3 Å². The topological polar surface area (TPSA) is 98.8 Å². The lowest BCUT2D eigenvalue weighted by molar-refractivity contribution is -0.128. The number of nitrogens with one attached hydrogen (secondary N) is 2. The summed E-state index contributed by atoms with van der Waals surface area (Å²) in [4.78, 5) is 52.0. The van der Waals surface area contributed by atoms with Crippen molar-refractivity contribution in [2.75, 3.05) is 23.7 Å². The zero-order valence-electron chi connectivity index (χ0n) is 16.8. The summed E-state index contributed by atoms with van der Waals surface area (Å²) in [5.74, 6) is -0.330. The van der Waals surface area contributed by atoms with E-state index in [9.17, 15) is 19.2 Å². The van der Waals surface area contributed by atoms with Crippen LogP contribution in [0.4, 0.5) is 21.0 Å². The molecule has 2 heterocycles. The number of carbonyl (C=O) groups excluding carboxylic acids is 4. The largest absolute Gasteiger partial charge is 0.328 e. The molecule has 0 unspecified atom stereocenters. The van der Waals surface area contributed by atoms with Crippen molar-refractivity contribution in [1.82, 2.24) is 9.80 Å². The number of hydrogen-bond acceptors (Lipinski definition) is 4. The fourth-order valence-corrected chi connectivity index (χ4v) is 3.67. The Hall–Kier alpha value is -2.90. The highest BCUT2D eigenvalue weighted by Crippen LogP contribution is 2.25.